The molecule has 1 aromatic heterocycles. The molecular weight excluding hydrogens is 200 g/mol. The molecule has 16 heavy (non-hydrogen) atoms. The van der Waals surface area contributed by atoms with Gasteiger partial charge in [0.15, 0.2) is 5.78 Å². The van der Waals surface area contributed by atoms with Crippen molar-refractivity contribution in [2.45, 2.75) is 19.8 Å². The molecule has 0 unspecified atom stereocenters. The Morgan fingerprint density at radius 2 is 2.06 bits per heavy atom. The number of fused-ring (bicyclic) bond motifs is 1. The average molecular weight is 212 g/mol. The SMILES string of the molecule is Cc1ccccc1-n1ncc2c1CCC2=O. The first-order chi connectivity index (χ1) is 7.77. The number of aryl methyl sites for hydroxylation is 1. The molecule has 0 saturated carbocycles. The Bertz CT molecular complexity index is 569. The highest BCUT2D eigenvalue weighted by atomic mass is 16.1. The Balaban J connectivity index is 2.19. The van der Waals surface area contributed by atoms with E-state index < -0.39 is 0 Å². The van der Waals surface area contributed by atoms with Crippen LogP contribution in [0.1, 0.15) is 28.0 Å². The Kier molecular flexibility index (Phi) is 1.93. The molecule has 1 aliphatic rings. The summed E-state index contributed by atoms with van der Waals surface area (Å²) in [6.45, 7) is 2.06. The first-order valence-electron chi connectivity index (χ1n) is 5.43. The minimum atomic E-state index is 0.217. The van der Waals surface area contributed by atoms with Crippen molar-refractivity contribution in [3.05, 3.63) is 47.3 Å². The molecule has 1 heterocycles. The fraction of sp³-hybridized carbons (Fsp3) is 0.231. The molecule has 0 fully saturated rings. The highest BCUT2D eigenvalue weighted by molar-refractivity contribution is 5.99. The lowest BCUT2D eigenvalue weighted by Crippen LogP contribution is -2.02. The second-order valence-corrected chi connectivity index (χ2v) is 4.13. The van der Waals surface area contributed by atoms with Gasteiger partial charge in [0.05, 0.1) is 23.1 Å². The van der Waals surface area contributed by atoms with Gasteiger partial charge in [0.2, 0.25) is 0 Å². The smallest absolute Gasteiger partial charge is 0.166 e. The number of hydrogen-bond donors (Lipinski definition) is 0. The molecule has 0 radical (unpaired) electrons. The Labute approximate surface area is 93.7 Å². The summed E-state index contributed by atoms with van der Waals surface area (Å²) in [4.78, 5) is 11.5. The summed E-state index contributed by atoms with van der Waals surface area (Å²) in [6, 6.07) is 8.09. The van der Waals surface area contributed by atoms with Crippen molar-refractivity contribution in [1.29, 1.82) is 0 Å². The van der Waals surface area contributed by atoms with Crippen LogP contribution in [-0.4, -0.2) is 15.6 Å². The molecule has 0 spiro atoms. The van der Waals surface area contributed by atoms with Gasteiger partial charge in [0, 0.05) is 6.42 Å². The lowest BCUT2D eigenvalue weighted by atomic mass is 10.2. The van der Waals surface area contributed by atoms with Crippen LogP contribution in [0.25, 0.3) is 5.69 Å². The molecule has 0 amide bonds. The molecule has 3 nitrogen and oxygen atoms in total. The highest BCUT2D eigenvalue weighted by Crippen LogP contribution is 2.25. The first-order valence-corrected chi connectivity index (χ1v) is 5.43. The van der Waals surface area contributed by atoms with Crippen molar-refractivity contribution in [3.8, 4) is 5.69 Å². The fourth-order valence-electron chi connectivity index (χ4n) is 2.22. The van der Waals surface area contributed by atoms with E-state index in [1.807, 2.05) is 22.9 Å². The van der Waals surface area contributed by atoms with Crippen molar-refractivity contribution < 1.29 is 4.79 Å². The number of para-hydroxylation sites is 1. The molecule has 3 rings (SSSR count). The number of hydrogen-bond acceptors (Lipinski definition) is 2. The zero-order chi connectivity index (χ0) is 11.1. The molecule has 0 atom stereocenters. The van der Waals surface area contributed by atoms with Crippen LogP contribution in [0.3, 0.4) is 0 Å². The molecule has 2 aromatic rings. The van der Waals surface area contributed by atoms with Crippen LogP contribution in [0.2, 0.25) is 0 Å². The number of aromatic nitrogens is 2. The Hall–Kier alpha value is -1.90. The van der Waals surface area contributed by atoms with Crippen molar-refractivity contribution in [3.63, 3.8) is 0 Å². The summed E-state index contributed by atoms with van der Waals surface area (Å²) in [6.07, 6.45) is 3.12. The molecular formula is C13H12N2O. The van der Waals surface area contributed by atoms with Gasteiger partial charge in [-0.05, 0) is 25.0 Å². The summed E-state index contributed by atoms with van der Waals surface area (Å²) in [7, 11) is 0. The van der Waals surface area contributed by atoms with Crippen LogP contribution in [0.15, 0.2) is 30.5 Å². The van der Waals surface area contributed by atoms with E-state index >= 15 is 0 Å². The van der Waals surface area contributed by atoms with E-state index in [1.165, 1.54) is 5.56 Å². The van der Waals surface area contributed by atoms with Crippen LogP contribution in [0, 0.1) is 6.92 Å². The van der Waals surface area contributed by atoms with Crippen LogP contribution >= 0.6 is 0 Å². The van der Waals surface area contributed by atoms with E-state index in [4.69, 9.17) is 0 Å². The molecule has 1 aromatic carbocycles. The number of benzene rings is 1. The minimum Gasteiger partial charge on any atom is -0.294 e. The molecule has 1 aliphatic carbocycles. The molecule has 0 aliphatic heterocycles. The predicted molar refractivity (Wildman–Crippen MR) is 61.0 cm³/mol. The number of rotatable bonds is 1. The van der Waals surface area contributed by atoms with Crippen molar-refractivity contribution in [1.82, 2.24) is 9.78 Å². The molecule has 3 heteroatoms. The number of carbonyl (C=O) groups excluding carboxylic acids is 1. The third-order valence-corrected chi connectivity index (χ3v) is 3.10. The van der Waals surface area contributed by atoms with Crippen LogP contribution < -0.4 is 0 Å². The largest absolute Gasteiger partial charge is 0.294 e. The third-order valence-electron chi connectivity index (χ3n) is 3.10. The van der Waals surface area contributed by atoms with E-state index in [1.54, 1.807) is 6.20 Å². The average Bonchev–Trinajstić information content (AvgIpc) is 2.83. The monoisotopic (exact) mass is 212 g/mol. The predicted octanol–water partition coefficient (Wildman–Crippen LogP) is 2.31. The van der Waals surface area contributed by atoms with Crippen molar-refractivity contribution in [2.75, 3.05) is 0 Å². The van der Waals surface area contributed by atoms with Gasteiger partial charge in [-0.2, -0.15) is 5.10 Å². The number of carbonyl (C=O) groups is 1. The lowest BCUT2D eigenvalue weighted by molar-refractivity contribution is 0.0994. The maximum atomic E-state index is 11.5. The number of nitrogens with zero attached hydrogens (tertiary/aromatic N) is 2. The maximum absolute atomic E-state index is 11.5. The van der Waals surface area contributed by atoms with E-state index in [9.17, 15) is 4.79 Å². The van der Waals surface area contributed by atoms with Gasteiger partial charge in [0.25, 0.3) is 0 Å². The highest BCUT2D eigenvalue weighted by Gasteiger charge is 2.24. The van der Waals surface area contributed by atoms with Gasteiger partial charge in [0.1, 0.15) is 0 Å². The Morgan fingerprint density at radius 3 is 2.88 bits per heavy atom. The van der Waals surface area contributed by atoms with Crippen LogP contribution in [-0.2, 0) is 6.42 Å². The van der Waals surface area contributed by atoms with E-state index in [-0.39, 0.29) is 5.78 Å². The number of ketones is 1. The normalized spacial score (nSPS) is 14.2. The van der Waals surface area contributed by atoms with Gasteiger partial charge >= 0.3 is 0 Å². The van der Waals surface area contributed by atoms with Gasteiger partial charge in [-0.3, -0.25) is 4.79 Å². The summed E-state index contributed by atoms with van der Waals surface area (Å²) in [5.41, 5.74) is 4.09. The van der Waals surface area contributed by atoms with Crippen LogP contribution in [0.4, 0.5) is 0 Å². The van der Waals surface area contributed by atoms with E-state index in [0.29, 0.717) is 6.42 Å². The fourth-order valence-corrected chi connectivity index (χ4v) is 2.22. The topological polar surface area (TPSA) is 34.9 Å². The maximum Gasteiger partial charge on any atom is 0.166 e. The molecule has 0 saturated heterocycles. The summed E-state index contributed by atoms with van der Waals surface area (Å²) in [5, 5.41) is 4.32. The summed E-state index contributed by atoms with van der Waals surface area (Å²) in [5.74, 6) is 0.217. The van der Waals surface area contributed by atoms with E-state index in [0.717, 1.165) is 23.4 Å². The van der Waals surface area contributed by atoms with Gasteiger partial charge in [-0.25, -0.2) is 4.68 Å². The summed E-state index contributed by atoms with van der Waals surface area (Å²) < 4.78 is 1.90. The quantitative estimate of drug-likeness (QED) is 0.727. The zero-order valence-electron chi connectivity index (χ0n) is 9.10. The lowest BCUT2D eigenvalue weighted by Gasteiger charge is -2.07. The standard InChI is InChI=1S/C13H12N2O/c1-9-4-2-3-5-11(9)15-12-6-7-13(16)10(12)8-14-15/h2-5,8H,6-7H2,1H3. The van der Waals surface area contributed by atoms with Crippen molar-refractivity contribution >= 4 is 5.78 Å². The first kappa shape index (κ1) is 9.33. The van der Waals surface area contributed by atoms with Gasteiger partial charge in [-0.1, -0.05) is 18.2 Å². The van der Waals surface area contributed by atoms with Crippen LogP contribution in [0.5, 0.6) is 0 Å². The Morgan fingerprint density at radius 1 is 1.25 bits per heavy atom. The third kappa shape index (κ3) is 1.21. The number of Topliss-reactive ketones (excluding diaryl/α,β-unsaturated/α-hetero) is 1. The van der Waals surface area contributed by atoms with Gasteiger partial charge < -0.3 is 0 Å². The molecule has 0 bridgehead atoms. The van der Waals surface area contributed by atoms with Crippen molar-refractivity contribution in [2.24, 2.45) is 0 Å². The second-order valence-electron chi connectivity index (χ2n) is 4.13. The van der Waals surface area contributed by atoms with Gasteiger partial charge in [-0.15, -0.1) is 0 Å². The second kappa shape index (κ2) is 3.30. The zero-order valence-corrected chi connectivity index (χ0v) is 9.10. The molecule has 0 N–H and O–H groups in total. The molecule has 80 valence electrons. The van der Waals surface area contributed by atoms with E-state index in [2.05, 4.69) is 18.1 Å². The minimum absolute atomic E-state index is 0.217. The summed E-state index contributed by atoms with van der Waals surface area (Å²) >= 11 is 0.